The number of amides is 1. The second kappa shape index (κ2) is 5.48. The molecule has 1 aromatic rings. The van der Waals surface area contributed by atoms with Gasteiger partial charge in [0.1, 0.15) is 6.10 Å². The van der Waals surface area contributed by atoms with E-state index in [1.54, 1.807) is 24.3 Å². The summed E-state index contributed by atoms with van der Waals surface area (Å²) >= 11 is 5.75. The van der Waals surface area contributed by atoms with Crippen LogP contribution in [0.25, 0.3) is 0 Å². The van der Waals surface area contributed by atoms with Crippen LogP contribution in [0.5, 0.6) is 0 Å². The zero-order valence-corrected chi connectivity index (χ0v) is 8.90. The summed E-state index contributed by atoms with van der Waals surface area (Å²) in [5.41, 5.74) is 2.96. The highest BCUT2D eigenvalue weighted by molar-refractivity contribution is 6.30. The van der Waals surface area contributed by atoms with Crippen LogP contribution in [0.15, 0.2) is 29.4 Å². The van der Waals surface area contributed by atoms with Crippen molar-refractivity contribution >= 4 is 23.7 Å². The molecule has 0 saturated heterocycles. The van der Waals surface area contributed by atoms with Crippen LogP contribution < -0.4 is 5.43 Å². The molecule has 0 aliphatic heterocycles. The van der Waals surface area contributed by atoms with Gasteiger partial charge in [-0.3, -0.25) is 4.79 Å². The number of aliphatic hydroxyl groups is 1. The molecule has 0 spiro atoms. The SMILES string of the molecule is C[C@H](O)C(=O)N/N=C\c1cccc(Cl)c1. The summed E-state index contributed by atoms with van der Waals surface area (Å²) in [6.07, 6.45) is 0.383. The van der Waals surface area contributed by atoms with E-state index in [0.717, 1.165) is 5.56 Å². The maximum absolute atomic E-state index is 10.9. The van der Waals surface area contributed by atoms with Crippen LogP contribution in [-0.2, 0) is 4.79 Å². The van der Waals surface area contributed by atoms with Gasteiger partial charge < -0.3 is 5.11 Å². The van der Waals surface area contributed by atoms with Crippen LogP contribution in [0, 0.1) is 0 Å². The molecule has 1 rings (SSSR count). The zero-order valence-electron chi connectivity index (χ0n) is 8.14. The highest BCUT2D eigenvalue weighted by Gasteiger charge is 2.05. The summed E-state index contributed by atoms with van der Waals surface area (Å²) in [4.78, 5) is 10.9. The van der Waals surface area contributed by atoms with Crippen LogP contribution in [0.1, 0.15) is 12.5 Å². The molecule has 15 heavy (non-hydrogen) atoms. The summed E-state index contributed by atoms with van der Waals surface area (Å²) in [6.45, 7) is 1.37. The van der Waals surface area contributed by atoms with Gasteiger partial charge in [0, 0.05) is 5.02 Å². The first-order valence-corrected chi connectivity index (χ1v) is 4.74. The van der Waals surface area contributed by atoms with E-state index < -0.39 is 12.0 Å². The highest BCUT2D eigenvalue weighted by Crippen LogP contribution is 2.08. The number of aliphatic hydroxyl groups excluding tert-OH is 1. The number of nitrogens with zero attached hydrogens (tertiary/aromatic N) is 1. The molecule has 2 N–H and O–H groups in total. The normalized spacial score (nSPS) is 12.7. The van der Waals surface area contributed by atoms with Gasteiger partial charge in [-0.05, 0) is 24.6 Å². The van der Waals surface area contributed by atoms with E-state index in [4.69, 9.17) is 16.7 Å². The second-order valence-electron chi connectivity index (χ2n) is 2.97. The minimum atomic E-state index is -1.07. The fraction of sp³-hybridized carbons (Fsp3) is 0.200. The van der Waals surface area contributed by atoms with E-state index in [9.17, 15) is 4.79 Å². The molecular formula is C10H11ClN2O2. The maximum Gasteiger partial charge on any atom is 0.268 e. The Morgan fingerprint density at radius 2 is 2.40 bits per heavy atom. The molecule has 80 valence electrons. The average Bonchev–Trinajstić information content (AvgIpc) is 2.17. The van der Waals surface area contributed by atoms with Crippen molar-refractivity contribution in [3.63, 3.8) is 0 Å². The molecule has 0 bridgehead atoms. The van der Waals surface area contributed by atoms with Crippen molar-refractivity contribution < 1.29 is 9.90 Å². The van der Waals surface area contributed by atoms with E-state index in [-0.39, 0.29) is 0 Å². The number of carbonyl (C=O) groups is 1. The minimum Gasteiger partial charge on any atom is -0.383 e. The quantitative estimate of drug-likeness (QED) is 0.600. The van der Waals surface area contributed by atoms with Gasteiger partial charge in [0.2, 0.25) is 0 Å². The Balaban J connectivity index is 2.55. The van der Waals surface area contributed by atoms with Crippen molar-refractivity contribution in [2.75, 3.05) is 0 Å². The molecule has 0 heterocycles. The Hall–Kier alpha value is -1.39. The monoisotopic (exact) mass is 226 g/mol. The van der Waals surface area contributed by atoms with E-state index in [2.05, 4.69) is 10.5 Å². The molecule has 0 aromatic heterocycles. The van der Waals surface area contributed by atoms with Gasteiger partial charge in [0.15, 0.2) is 0 Å². The minimum absolute atomic E-state index is 0.548. The number of hydrogen-bond acceptors (Lipinski definition) is 3. The molecule has 1 atom stereocenters. The first-order valence-electron chi connectivity index (χ1n) is 4.36. The molecule has 1 aromatic carbocycles. The van der Waals surface area contributed by atoms with Crippen molar-refractivity contribution in [2.45, 2.75) is 13.0 Å². The highest BCUT2D eigenvalue weighted by atomic mass is 35.5. The molecule has 0 unspecified atom stereocenters. The molecule has 0 aliphatic rings. The topological polar surface area (TPSA) is 61.7 Å². The third kappa shape index (κ3) is 4.10. The van der Waals surface area contributed by atoms with Crippen LogP contribution in [0.2, 0.25) is 5.02 Å². The van der Waals surface area contributed by atoms with Crippen LogP contribution in [-0.4, -0.2) is 23.3 Å². The lowest BCUT2D eigenvalue weighted by molar-refractivity contribution is -0.128. The Morgan fingerprint density at radius 3 is 3.00 bits per heavy atom. The summed E-state index contributed by atoms with van der Waals surface area (Å²) in [5, 5.41) is 13.1. The fourth-order valence-corrected chi connectivity index (χ4v) is 1.05. The van der Waals surface area contributed by atoms with Gasteiger partial charge in [-0.15, -0.1) is 0 Å². The van der Waals surface area contributed by atoms with Crippen molar-refractivity contribution in [3.05, 3.63) is 34.9 Å². The van der Waals surface area contributed by atoms with Gasteiger partial charge in [-0.1, -0.05) is 23.7 Å². The summed E-state index contributed by atoms with van der Waals surface area (Å²) < 4.78 is 0. The zero-order chi connectivity index (χ0) is 11.3. The lowest BCUT2D eigenvalue weighted by atomic mass is 10.2. The second-order valence-corrected chi connectivity index (χ2v) is 3.40. The van der Waals surface area contributed by atoms with Crippen LogP contribution in [0.4, 0.5) is 0 Å². The number of nitrogens with one attached hydrogen (secondary N) is 1. The Labute approximate surface area is 92.6 Å². The molecule has 0 saturated carbocycles. The van der Waals surface area contributed by atoms with Crippen molar-refractivity contribution in [1.29, 1.82) is 0 Å². The number of carbonyl (C=O) groups excluding carboxylic acids is 1. The third-order valence-electron chi connectivity index (χ3n) is 1.62. The maximum atomic E-state index is 10.9. The number of hydrazone groups is 1. The number of rotatable bonds is 3. The Kier molecular flexibility index (Phi) is 4.27. The largest absolute Gasteiger partial charge is 0.383 e. The third-order valence-corrected chi connectivity index (χ3v) is 1.85. The first-order chi connectivity index (χ1) is 7.09. The fourth-order valence-electron chi connectivity index (χ4n) is 0.851. The van der Waals surface area contributed by atoms with Crippen molar-refractivity contribution in [3.8, 4) is 0 Å². The van der Waals surface area contributed by atoms with E-state index in [1.807, 2.05) is 0 Å². The van der Waals surface area contributed by atoms with Crippen LogP contribution >= 0.6 is 11.6 Å². The molecule has 0 fully saturated rings. The predicted octanol–water partition coefficient (Wildman–Crippen LogP) is 1.17. The van der Waals surface area contributed by atoms with Gasteiger partial charge in [-0.2, -0.15) is 5.10 Å². The molecular weight excluding hydrogens is 216 g/mol. The van der Waals surface area contributed by atoms with Gasteiger partial charge in [0.05, 0.1) is 6.21 Å². The first kappa shape index (κ1) is 11.7. The van der Waals surface area contributed by atoms with Gasteiger partial charge in [0.25, 0.3) is 5.91 Å². The summed E-state index contributed by atoms with van der Waals surface area (Å²) in [5.74, 6) is -0.548. The average molecular weight is 227 g/mol. The molecule has 1 amide bonds. The lowest BCUT2D eigenvalue weighted by Crippen LogP contribution is -2.28. The summed E-state index contributed by atoms with van der Waals surface area (Å²) in [6, 6.07) is 7.02. The Bertz CT molecular complexity index is 377. The standard InChI is InChI=1S/C10H11ClN2O2/c1-7(14)10(15)13-12-6-8-3-2-4-9(11)5-8/h2-7,14H,1H3,(H,13,15)/b12-6-/t7-/m0/s1. The van der Waals surface area contributed by atoms with Gasteiger partial charge >= 0.3 is 0 Å². The van der Waals surface area contributed by atoms with E-state index in [1.165, 1.54) is 13.1 Å². The number of benzene rings is 1. The summed E-state index contributed by atoms with van der Waals surface area (Å²) in [7, 11) is 0. The number of hydrogen-bond donors (Lipinski definition) is 2. The van der Waals surface area contributed by atoms with E-state index in [0.29, 0.717) is 5.02 Å². The van der Waals surface area contributed by atoms with Gasteiger partial charge in [-0.25, -0.2) is 5.43 Å². The lowest BCUT2D eigenvalue weighted by Gasteiger charge is -2.00. The predicted molar refractivity (Wildman–Crippen MR) is 58.9 cm³/mol. The smallest absolute Gasteiger partial charge is 0.268 e. The van der Waals surface area contributed by atoms with Crippen molar-refractivity contribution in [1.82, 2.24) is 5.43 Å². The van der Waals surface area contributed by atoms with Crippen molar-refractivity contribution in [2.24, 2.45) is 5.10 Å². The molecule has 0 radical (unpaired) electrons. The molecule has 4 nitrogen and oxygen atoms in total. The molecule has 0 aliphatic carbocycles. The molecule has 5 heteroatoms. The van der Waals surface area contributed by atoms with E-state index >= 15 is 0 Å². The van der Waals surface area contributed by atoms with Crippen LogP contribution in [0.3, 0.4) is 0 Å². The Morgan fingerprint density at radius 1 is 1.67 bits per heavy atom. The number of halogens is 1.